The zero-order valence-electron chi connectivity index (χ0n) is 9.78. The minimum absolute atomic E-state index is 0.158. The van der Waals surface area contributed by atoms with Crippen molar-refractivity contribution in [2.24, 2.45) is 5.10 Å². The third kappa shape index (κ3) is 3.03. The Hall–Kier alpha value is -2.97. The molecule has 0 aliphatic rings. The maximum Gasteiger partial charge on any atom is 0.433 e. The summed E-state index contributed by atoms with van der Waals surface area (Å²) in [5.41, 5.74) is 3.16. The molecule has 2 aromatic rings. The van der Waals surface area contributed by atoms with Crippen molar-refractivity contribution in [2.75, 3.05) is 0 Å². The van der Waals surface area contributed by atoms with Crippen molar-refractivity contribution in [3.05, 3.63) is 45.5 Å². The van der Waals surface area contributed by atoms with E-state index in [-0.39, 0.29) is 11.5 Å². The molecule has 0 atom stereocenters. The fourth-order valence-corrected chi connectivity index (χ4v) is 1.26. The molecule has 0 saturated carbocycles. The average Bonchev–Trinajstić information content (AvgIpc) is 2.98. The molecule has 2 rings (SSSR count). The van der Waals surface area contributed by atoms with Crippen molar-refractivity contribution < 1.29 is 14.1 Å². The van der Waals surface area contributed by atoms with Gasteiger partial charge in [0.25, 0.3) is 5.91 Å². The maximum absolute atomic E-state index is 11.5. The molecule has 2 aromatic heterocycles. The van der Waals surface area contributed by atoms with Gasteiger partial charge in [0.1, 0.15) is 4.92 Å². The van der Waals surface area contributed by atoms with Gasteiger partial charge in [-0.3, -0.25) is 20.0 Å². The van der Waals surface area contributed by atoms with Gasteiger partial charge in [-0.05, 0) is 19.1 Å². The summed E-state index contributed by atoms with van der Waals surface area (Å²) < 4.78 is 4.82. The maximum atomic E-state index is 11.5. The number of hydrogen-bond acceptors (Lipinski definition) is 6. The number of hydrogen-bond donors (Lipinski definition) is 2. The number of H-pyrrole nitrogens is 1. The Bertz CT molecular complexity index is 642. The number of carbonyl (C=O) groups is 1. The zero-order valence-corrected chi connectivity index (χ0v) is 9.78. The number of amides is 1. The highest BCUT2D eigenvalue weighted by atomic mass is 16.6. The first-order valence-corrected chi connectivity index (χ1v) is 5.16. The number of furan rings is 1. The number of nitro groups is 1. The summed E-state index contributed by atoms with van der Waals surface area (Å²) in [5, 5.41) is 20.3. The normalized spacial score (nSPS) is 10.8. The van der Waals surface area contributed by atoms with Crippen LogP contribution >= 0.6 is 0 Å². The molecule has 1 amide bonds. The molecule has 0 saturated heterocycles. The van der Waals surface area contributed by atoms with Crippen molar-refractivity contribution in [3.63, 3.8) is 0 Å². The molecule has 0 aliphatic heterocycles. The topological polar surface area (TPSA) is 126 Å². The molecule has 0 radical (unpaired) electrons. The predicted octanol–water partition coefficient (Wildman–Crippen LogP) is 0.983. The molecule has 0 aromatic carbocycles. The SMILES string of the molecule is Cc1cc(C(=O)N/N=C/c2ccc([N+](=O)[O-])o2)n[nH]1. The summed E-state index contributed by atoms with van der Waals surface area (Å²) in [6, 6.07) is 4.12. The van der Waals surface area contributed by atoms with Crippen LogP contribution < -0.4 is 5.43 Å². The molecule has 0 aliphatic carbocycles. The van der Waals surface area contributed by atoms with E-state index >= 15 is 0 Å². The van der Waals surface area contributed by atoms with Gasteiger partial charge < -0.3 is 4.42 Å². The number of rotatable bonds is 4. The van der Waals surface area contributed by atoms with Gasteiger partial charge in [0.05, 0.1) is 12.3 Å². The molecule has 2 N–H and O–H groups in total. The number of aromatic amines is 1. The van der Waals surface area contributed by atoms with Crippen LogP contribution in [-0.4, -0.2) is 27.2 Å². The fraction of sp³-hybridized carbons (Fsp3) is 0.100. The first-order chi connectivity index (χ1) is 9.06. The summed E-state index contributed by atoms with van der Waals surface area (Å²) in [5.74, 6) is -0.734. The first kappa shape index (κ1) is 12.5. The van der Waals surface area contributed by atoms with E-state index in [0.29, 0.717) is 0 Å². The Morgan fingerprint density at radius 3 is 3.00 bits per heavy atom. The lowest BCUT2D eigenvalue weighted by Gasteiger charge is -1.92. The van der Waals surface area contributed by atoms with Gasteiger partial charge in [0.2, 0.25) is 0 Å². The second kappa shape index (κ2) is 5.12. The van der Waals surface area contributed by atoms with Crippen LogP contribution in [0.3, 0.4) is 0 Å². The van der Waals surface area contributed by atoms with Gasteiger partial charge in [-0.25, -0.2) is 5.43 Å². The Kier molecular flexibility index (Phi) is 3.37. The first-order valence-electron chi connectivity index (χ1n) is 5.16. The molecule has 98 valence electrons. The lowest BCUT2D eigenvalue weighted by atomic mass is 10.4. The third-order valence-corrected chi connectivity index (χ3v) is 2.09. The summed E-state index contributed by atoms with van der Waals surface area (Å²) in [6.45, 7) is 1.76. The highest BCUT2D eigenvalue weighted by Crippen LogP contribution is 2.13. The highest BCUT2D eigenvalue weighted by Gasteiger charge is 2.11. The Labute approximate surface area is 106 Å². The van der Waals surface area contributed by atoms with E-state index in [4.69, 9.17) is 4.42 Å². The molecule has 0 fully saturated rings. The summed E-state index contributed by atoms with van der Waals surface area (Å²) in [7, 11) is 0. The molecule has 9 nitrogen and oxygen atoms in total. The van der Waals surface area contributed by atoms with Gasteiger partial charge in [-0.2, -0.15) is 10.2 Å². The summed E-state index contributed by atoms with van der Waals surface area (Å²) in [6.07, 6.45) is 1.16. The van der Waals surface area contributed by atoms with Crippen LogP contribution in [0.5, 0.6) is 0 Å². The molecule has 9 heteroatoms. The second-order valence-corrected chi connectivity index (χ2v) is 3.57. The highest BCUT2D eigenvalue weighted by molar-refractivity contribution is 5.92. The Morgan fingerprint density at radius 2 is 2.42 bits per heavy atom. The largest absolute Gasteiger partial charge is 0.433 e. The van der Waals surface area contributed by atoms with Crippen LogP contribution in [-0.2, 0) is 0 Å². The van der Waals surface area contributed by atoms with Crippen molar-refractivity contribution in [2.45, 2.75) is 6.92 Å². The van der Waals surface area contributed by atoms with Gasteiger partial charge in [-0.1, -0.05) is 0 Å². The van der Waals surface area contributed by atoms with Gasteiger partial charge in [0, 0.05) is 5.69 Å². The van der Waals surface area contributed by atoms with E-state index in [1.807, 2.05) is 0 Å². The lowest BCUT2D eigenvalue weighted by molar-refractivity contribution is -0.402. The van der Waals surface area contributed by atoms with Crippen LogP contribution in [0.2, 0.25) is 0 Å². The number of nitrogens with one attached hydrogen (secondary N) is 2. The van der Waals surface area contributed by atoms with Crippen molar-refractivity contribution in [1.82, 2.24) is 15.6 Å². The standard InChI is InChI=1S/C10H9N5O4/c1-6-4-8(13-12-6)10(16)14-11-5-7-2-3-9(19-7)15(17)18/h2-5H,1H3,(H,12,13)(H,14,16)/b11-5+. The summed E-state index contributed by atoms with van der Waals surface area (Å²) in [4.78, 5) is 21.2. The van der Waals surface area contributed by atoms with Crippen molar-refractivity contribution >= 4 is 18.0 Å². The molecular formula is C10H9N5O4. The smallest absolute Gasteiger partial charge is 0.400 e. The van der Waals surface area contributed by atoms with Gasteiger partial charge >= 0.3 is 5.88 Å². The minimum atomic E-state index is -0.664. The van der Waals surface area contributed by atoms with E-state index in [0.717, 1.165) is 11.9 Å². The van der Waals surface area contributed by atoms with Gasteiger partial charge in [0.15, 0.2) is 11.5 Å². The van der Waals surface area contributed by atoms with Gasteiger partial charge in [-0.15, -0.1) is 0 Å². The number of nitrogens with zero attached hydrogens (tertiary/aromatic N) is 3. The van der Waals surface area contributed by atoms with Crippen molar-refractivity contribution in [1.29, 1.82) is 0 Å². The second-order valence-electron chi connectivity index (χ2n) is 3.57. The third-order valence-electron chi connectivity index (χ3n) is 2.09. The van der Waals surface area contributed by atoms with Crippen LogP contribution in [0, 0.1) is 17.0 Å². The predicted molar refractivity (Wildman–Crippen MR) is 63.7 cm³/mol. The number of aryl methyl sites for hydroxylation is 1. The van der Waals surface area contributed by atoms with E-state index < -0.39 is 16.7 Å². The summed E-state index contributed by atoms with van der Waals surface area (Å²) >= 11 is 0. The fourth-order valence-electron chi connectivity index (χ4n) is 1.26. The van der Waals surface area contributed by atoms with Crippen LogP contribution in [0.4, 0.5) is 5.88 Å². The van der Waals surface area contributed by atoms with E-state index in [2.05, 4.69) is 20.7 Å². The molecule has 19 heavy (non-hydrogen) atoms. The number of aromatic nitrogens is 2. The monoisotopic (exact) mass is 263 g/mol. The minimum Gasteiger partial charge on any atom is -0.400 e. The molecule has 0 bridgehead atoms. The lowest BCUT2D eigenvalue weighted by Crippen LogP contribution is -2.17. The number of hydrazone groups is 1. The molecule has 0 unspecified atom stereocenters. The van der Waals surface area contributed by atoms with E-state index in [1.54, 1.807) is 13.0 Å². The van der Waals surface area contributed by atoms with Crippen LogP contribution in [0.25, 0.3) is 0 Å². The van der Waals surface area contributed by atoms with E-state index in [1.165, 1.54) is 12.1 Å². The zero-order chi connectivity index (χ0) is 13.8. The van der Waals surface area contributed by atoms with Crippen LogP contribution in [0.15, 0.2) is 27.7 Å². The molecule has 0 spiro atoms. The molecular weight excluding hydrogens is 254 g/mol. The van der Waals surface area contributed by atoms with E-state index in [9.17, 15) is 14.9 Å². The quantitative estimate of drug-likeness (QED) is 0.483. The number of carbonyl (C=O) groups excluding carboxylic acids is 1. The average molecular weight is 263 g/mol. The van der Waals surface area contributed by atoms with Crippen molar-refractivity contribution in [3.8, 4) is 0 Å². The Balaban J connectivity index is 1.96. The molecule has 2 heterocycles. The Morgan fingerprint density at radius 1 is 1.63 bits per heavy atom. The van der Waals surface area contributed by atoms with Crippen LogP contribution in [0.1, 0.15) is 21.9 Å².